The molecule has 1 atom stereocenters. The molecular formula is C11H15Cl2NO. The van der Waals surface area contributed by atoms with Crippen molar-refractivity contribution in [2.45, 2.75) is 26.5 Å². The first-order chi connectivity index (χ1) is 7.04. The molecule has 1 aromatic heterocycles. The molecule has 84 valence electrons. The van der Waals surface area contributed by atoms with E-state index in [1.54, 1.807) is 0 Å². The maximum atomic E-state index is 9.82. The minimum atomic E-state index is -0.426. The van der Waals surface area contributed by atoms with Gasteiger partial charge in [0.1, 0.15) is 0 Å². The quantitative estimate of drug-likeness (QED) is 0.866. The lowest BCUT2D eigenvalue weighted by Crippen LogP contribution is -2.04. The lowest BCUT2D eigenvalue weighted by atomic mass is 10.0. The van der Waals surface area contributed by atoms with E-state index < -0.39 is 6.10 Å². The minimum absolute atomic E-state index is 0.208. The van der Waals surface area contributed by atoms with Gasteiger partial charge in [-0.25, -0.2) is 0 Å². The van der Waals surface area contributed by atoms with Crippen LogP contribution in [0.15, 0.2) is 29.0 Å². The van der Waals surface area contributed by atoms with E-state index in [1.165, 1.54) is 5.54 Å². The molecule has 4 heteroatoms. The Balaban J connectivity index is 2.72. The number of rotatable bonds is 4. The fourth-order valence-electron chi connectivity index (χ4n) is 1.33. The van der Waals surface area contributed by atoms with Gasteiger partial charge >= 0.3 is 0 Å². The topological polar surface area (TPSA) is 25.2 Å². The molecule has 0 amide bonds. The highest BCUT2D eigenvalue weighted by Crippen LogP contribution is 2.22. The molecule has 15 heavy (non-hydrogen) atoms. The highest BCUT2D eigenvalue weighted by molar-refractivity contribution is 6.36. The third kappa shape index (κ3) is 3.56. The average Bonchev–Trinajstić information content (AvgIpc) is 2.64. The Morgan fingerprint density at radius 3 is 2.80 bits per heavy atom. The van der Waals surface area contributed by atoms with Crippen LogP contribution in [0.4, 0.5) is 0 Å². The van der Waals surface area contributed by atoms with Crippen molar-refractivity contribution in [3.05, 3.63) is 34.6 Å². The van der Waals surface area contributed by atoms with E-state index in [0.29, 0.717) is 11.6 Å². The van der Waals surface area contributed by atoms with Crippen LogP contribution >= 0.6 is 23.2 Å². The lowest BCUT2D eigenvalue weighted by molar-refractivity contribution is 0.127. The number of allylic oxidation sites excluding steroid dienone is 1. The van der Waals surface area contributed by atoms with Crippen molar-refractivity contribution in [2.75, 3.05) is 0 Å². The van der Waals surface area contributed by atoms with Crippen molar-refractivity contribution in [3.63, 3.8) is 0 Å². The van der Waals surface area contributed by atoms with Gasteiger partial charge in [0.05, 0.1) is 12.6 Å². The van der Waals surface area contributed by atoms with Gasteiger partial charge in [-0.1, -0.05) is 37.0 Å². The van der Waals surface area contributed by atoms with E-state index in [4.69, 9.17) is 23.2 Å². The number of aliphatic hydroxyl groups excluding tert-OH is 1. The largest absolute Gasteiger partial charge is 0.388 e. The summed E-state index contributed by atoms with van der Waals surface area (Å²) in [5.41, 5.74) is 2.25. The Labute approximate surface area is 100 Å². The van der Waals surface area contributed by atoms with Gasteiger partial charge in [0.25, 0.3) is 0 Å². The van der Waals surface area contributed by atoms with E-state index in [2.05, 4.69) is 0 Å². The summed E-state index contributed by atoms with van der Waals surface area (Å²) < 4.78 is 1.89. The van der Waals surface area contributed by atoms with E-state index in [-0.39, 0.29) is 5.92 Å². The van der Waals surface area contributed by atoms with Crippen molar-refractivity contribution >= 4 is 23.2 Å². The maximum absolute atomic E-state index is 9.82. The SMILES string of the molecule is CC(C)C(O)c1ccn(CC(Cl)=CCl)c1. The zero-order valence-corrected chi connectivity index (χ0v) is 10.3. The smallest absolute Gasteiger partial charge is 0.0827 e. The molecule has 0 bridgehead atoms. The van der Waals surface area contributed by atoms with Gasteiger partial charge in [-0.3, -0.25) is 0 Å². The third-order valence-electron chi connectivity index (χ3n) is 2.20. The Bertz CT molecular complexity index is 344. The number of aliphatic hydroxyl groups is 1. The van der Waals surface area contributed by atoms with Gasteiger partial charge in [-0.05, 0) is 17.5 Å². The van der Waals surface area contributed by atoms with Crippen LogP contribution in [0.3, 0.4) is 0 Å². The summed E-state index contributed by atoms with van der Waals surface area (Å²) in [6.45, 7) is 4.50. The average molecular weight is 248 g/mol. The number of nitrogens with zero attached hydrogens (tertiary/aromatic N) is 1. The zero-order chi connectivity index (χ0) is 11.4. The van der Waals surface area contributed by atoms with Crippen LogP contribution in [0.5, 0.6) is 0 Å². The van der Waals surface area contributed by atoms with Crippen LogP contribution in [0.1, 0.15) is 25.5 Å². The Morgan fingerprint density at radius 2 is 2.27 bits per heavy atom. The summed E-state index contributed by atoms with van der Waals surface area (Å²) in [5, 5.41) is 10.4. The van der Waals surface area contributed by atoms with Crippen molar-refractivity contribution in [1.29, 1.82) is 0 Å². The van der Waals surface area contributed by atoms with Crippen LogP contribution in [-0.2, 0) is 6.54 Å². The molecule has 1 aromatic rings. The van der Waals surface area contributed by atoms with E-state index in [1.807, 2.05) is 36.9 Å². The lowest BCUT2D eigenvalue weighted by Gasteiger charge is -2.12. The Kier molecular flexibility index (Phi) is 4.71. The molecule has 0 aliphatic carbocycles. The first-order valence-corrected chi connectivity index (χ1v) is 5.64. The molecule has 0 aliphatic heterocycles. The molecule has 1 N–H and O–H groups in total. The predicted octanol–water partition coefficient (Wildman–Crippen LogP) is 3.50. The standard InChI is InChI=1S/C11H15Cl2NO/c1-8(2)11(15)9-3-4-14(6-9)7-10(13)5-12/h3-6,8,11,15H,7H2,1-2H3. The molecular weight excluding hydrogens is 233 g/mol. The van der Waals surface area contributed by atoms with E-state index in [9.17, 15) is 5.11 Å². The van der Waals surface area contributed by atoms with Crippen molar-refractivity contribution in [2.24, 2.45) is 5.92 Å². The second-order valence-corrected chi connectivity index (χ2v) is 4.57. The van der Waals surface area contributed by atoms with E-state index in [0.717, 1.165) is 5.56 Å². The van der Waals surface area contributed by atoms with Gasteiger partial charge in [-0.2, -0.15) is 0 Å². The van der Waals surface area contributed by atoms with Crippen LogP contribution < -0.4 is 0 Å². The summed E-state index contributed by atoms with van der Waals surface area (Å²) in [6, 6.07) is 1.89. The molecule has 0 saturated heterocycles. The molecule has 1 rings (SSSR count). The van der Waals surface area contributed by atoms with Crippen LogP contribution in [0.25, 0.3) is 0 Å². The second-order valence-electron chi connectivity index (χ2n) is 3.86. The predicted molar refractivity (Wildman–Crippen MR) is 64.0 cm³/mol. The van der Waals surface area contributed by atoms with Gasteiger partial charge in [0.2, 0.25) is 0 Å². The molecule has 2 nitrogen and oxygen atoms in total. The second kappa shape index (κ2) is 5.59. The van der Waals surface area contributed by atoms with Gasteiger partial charge in [-0.15, -0.1) is 0 Å². The number of hydrogen-bond donors (Lipinski definition) is 1. The molecule has 0 saturated carbocycles. The molecule has 0 spiro atoms. The van der Waals surface area contributed by atoms with Crippen LogP contribution in [0.2, 0.25) is 0 Å². The van der Waals surface area contributed by atoms with Crippen LogP contribution in [-0.4, -0.2) is 9.67 Å². The highest BCUT2D eigenvalue weighted by Gasteiger charge is 2.12. The molecule has 1 unspecified atom stereocenters. The molecule has 0 aliphatic rings. The zero-order valence-electron chi connectivity index (χ0n) is 8.82. The number of aromatic nitrogens is 1. The Morgan fingerprint density at radius 1 is 1.60 bits per heavy atom. The summed E-state index contributed by atoms with van der Waals surface area (Å²) in [5.74, 6) is 0.208. The fourth-order valence-corrected chi connectivity index (χ4v) is 1.53. The molecule has 0 radical (unpaired) electrons. The van der Waals surface area contributed by atoms with Crippen LogP contribution in [0, 0.1) is 5.92 Å². The maximum Gasteiger partial charge on any atom is 0.0827 e. The summed E-state index contributed by atoms with van der Waals surface area (Å²) in [7, 11) is 0. The van der Waals surface area contributed by atoms with E-state index >= 15 is 0 Å². The normalized spacial score (nSPS) is 14.7. The minimum Gasteiger partial charge on any atom is -0.388 e. The Hall–Kier alpha value is -0.440. The van der Waals surface area contributed by atoms with Crippen molar-refractivity contribution in [1.82, 2.24) is 4.57 Å². The van der Waals surface area contributed by atoms with Crippen molar-refractivity contribution < 1.29 is 5.11 Å². The van der Waals surface area contributed by atoms with Gasteiger partial charge in [0, 0.05) is 23.0 Å². The third-order valence-corrected chi connectivity index (χ3v) is 2.80. The monoisotopic (exact) mass is 247 g/mol. The van der Waals surface area contributed by atoms with Gasteiger partial charge in [0.15, 0.2) is 0 Å². The highest BCUT2D eigenvalue weighted by atomic mass is 35.5. The first kappa shape index (κ1) is 12.6. The summed E-state index contributed by atoms with van der Waals surface area (Å²) >= 11 is 11.3. The summed E-state index contributed by atoms with van der Waals surface area (Å²) in [6.07, 6.45) is 3.34. The molecule has 0 fully saturated rings. The molecule has 1 heterocycles. The number of halogens is 2. The molecule has 0 aromatic carbocycles. The number of hydrogen-bond acceptors (Lipinski definition) is 1. The van der Waals surface area contributed by atoms with Gasteiger partial charge < -0.3 is 9.67 Å². The first-order valence-electron chi connectivity index (χ1n) is 4.83. The van der Waals surface area contributed by atoms with Crippen molar-refractivity contribution in [3.8, 4) is 0 Å². The summed E-state index contributed by atoms with van der Waals surface area (Å²) in [4.78, 5) is 0. The fraction of sp³-hybridized carbons (Fsp3) is 0.455.